The van der Waals surface area contributed by atoms with Crippen LogP contribution in [0.5, 0.6) is 5.75 Å². The zero-order valence-corrected chi connectivity index (χ0v) is 22.8. The van der Waals surface area contributed by atoms with Crippen LogP contribution in [0.15, 0.2) is 30.6 Å². The van der Waals surface area contributed by atoms with Gasteiger partial charge in [-0.25, -0.2) is 9.48 Å². The molecule has 0 saturated carbocycles. The molecule has 13 heteroatoms. The van der Waals surface area contributed by atoms with Gasteiger partial charge in [0.15, 0.2) is 0 Å². The summed E-state index contributed by atoms with van der Waals surface area (Å²) >= 11 is 0. The van der Waals surface area contributed by atoms with Crippen LogP contribution in [-0.4, -0.2) is 56.4 Å². The minimum absolute atomic E-state index is 0.00823. The van der Waals surface area contributed by atoms with E-state index >= 15 is 0 Å². The van der Waals surface area contributed by atoms with E-state index < -0.39 is 17.3 Å². The van der Waals surface area contributed by atoms with Gasteiger partial charge in [-0.2, -0.15) is 28.6 Å². The minimum atomic E-state index is -4.50. The summed E-state index contributed by atoms with van der Waals surface area (Å²) in [5.74, 6) is 0.505. The van der Waals surface area contributed by atoms with Gasteiger partial charge in [-0.15, -0.1) is 0 Å². The summed E-state index contributed by atoms with van der Waals surface area (Å²) in [6.45, 7) is 6.45. The summed E-state index contributed by atoms with van der Waals surface area (Å²) in [4.78, 5) is 14.2. The van der Waals surface area contributed by atoms with Crippen molar-refractivity contribution in [1.29, 1.82) is 5.26 Å². The van der Waals surface area contributed by atoms with Crippen molar-refractivity contribution in [1.82, 2.24) is 24.5 Å². The molecule has 4 rings (SSSR count). The van der Waals surface area contributed by atoms with E-state index in [0.29, 0.717) is 54.9 Å². The summed E-state index contributed by atoms with van der Waals surface area (Å²) in [6, 6.07) is 5.24. The van der Waals surface area contributed by atoms with Crippen molar-refractivity contribution in [2.75, 3.05) is 25.9 Å². The van der Waals surface area contributed by atoms with E-state index in [1.165, 1.54) is 24.1 Å². The van der Waals surface area contributed by atoms with E-state index in [1.54, 1.807) is 15.8 Å². The van der Waals surface area contributed by atoms with Gasteiger partial charge in [0.2, 0.25) is 0 Å². The molecule has 1 aliphatic heterocycles. The van der Waals surface area contributed by atoms with Crippen molar-refractivity contribution in [3.05, 3.63) is 47.3 Å². The van der Waals surface area contributed by atoms with Gasteiger partial charge >= 0.3 is 12.3 Å². The van der Waals surface area contributed by atoms with Crippen molar-refractivity contribution in [3.63, 3.8) is 0 Å². The number of aromatic nitrogens is 4. The predicted molar refractivity (Wildman–Crippen MR) is 140 cm³/mol. The second-order valence-electron chi connectivity index (χ2n) is 10.7. The molecule has 2 aromatic heterocycles. The minimum Gasteiger partial charge on any atom is -0.496 e. The average Bonchev–Trinajstić information content (AvgIpc) is 3.37. The number of likely N-dealkylation sites (tertiary alicyclic amines) is 1. The SMILES string of the molecule is COc1ccc(C(F)(F)F)cc1Cn1cc(-c2nn([C@H]3CCCN(C(=O)OC(C)(C)C)CC3)c(N)c2C#N)cn1. The molecule has 0 radical (unpaired) electrons. The van der Waals surface area contributed by atoms with Gasteiger partial charge in [-0.3, -0.25) is 4.68 Å². The molecule has 40 heavy (non-hydrogen) atoms. The molecule has 3 heterocycles. The molecule has 1 aliphatic rings. The second-order valence-corrected chi connectivity index (χ2v) is 10.7. The summed E-state index contributed by atoms with van der Waals surface area (Å²) in [5.41, 5.74) is 6.28. The normalized spacial score (nSPS) is 16.4. The maximum absolute atomic E-state index is 13.3. The Morgan fingerprint density at radius 3 is 2.62 bits per heavy atom. The van der Waals surface area contributed by atoms with Gasteiger partial charge < -0.3 is 20.1 Å². The number of carbonyl (C=O) groups is 1. The first kappa shape index (κ1) is 28.8. The van der Waals surface area contributed by atoms with Crippen molar-refractivity contribution in [2.24, 2.45) is 0 Å². The van der Waals surface area contributed by atoms with Gasteiger partial charge in [0.05, 0.1) is 31.5 Å². The van der Waals surface area contributed by atoms with Crippen LogP contribution >= 0.6 is 0 Å². The molecule has 1 atom stereocenters. The van der Waals surface area contributed by atoms with Crippen molar-refractivity contribution in [2.45, 2.75) is 64.4 Å². The molecule has 1 aromatic carbocycles. The lowest BCUT2D eigenvalue weighted by Crippen LogP contribution is -2.37. The number of alkyl halides is 3. The van der Waals surface area contributed by atoms with E-state index in [9.17, 15) is 23.2 Å². The largest absolute Gasteiger partial charge is 0.496 e. The lowest BCUT2D eigenvalue weighted by atomic mass is 10.1. The fourth-order valence-electron chi connectivity index (χ4n) is 4.70. The molecule has 0 aliphatic carbocycles. The quantitative estimate of drug-likeness (QED) is 0.453. The predicted octanol–water partition coefficient (Wildman–Crippen LogP) is 5.24. The fraction of sp³-hybridized carbons (Fsp3) is 0.481. The van der Waals surface area contributed by atoms with Crippen LogP contribution in [-0.2, 0) is 17.5 Å². The maximum Gasteiger partial charge on any atom is 0.416 e. The van der Waals surface area contributed by atoms with Crippen molar-refractivity contribution >= 4 is 11.9 Å². The fourth-order valence-corrected chi connectivity index (χ4v) is 4.70. The molecule has 214 valence electrons. The number of nitrogens with two attached hydrogens (primary N) is 1. The van der Waals surface area contributed by atoms with Gasteiger partial charge in [-0.05, 0) is 58.2 Å². The molecular weight excluding hydrogens is 527 g/mol. The summed E-state index contributed by atoms with van der Waals surface area (Å²) in [7, 11) is 1.38. The monoisotopic (exact) mass is 559 g/mol. The number of methoxy groups -OCH3 is 1. The number of nitrogens with zero attached hydrogens (tertiary/aromatic N) is 6. The van der Waals surface area contributed by atoms with Crippen LogP contribution < -0.4 is 10.5 Å². The topological polar surface area (TPSA) is 124 Å². The number of ether oxygens (including phenoxy) is 2. The first-order valence-corrected chi connectivity index (χ1v) is 12.8. The van der Waals surface area contributed by atoms with Crippen LogP contribution in [0.25, 0.3) is 11.3 Å². The maximum atomic E-state index is 13.3. The van der Waals surface area contributed by atoms with Gasteiger partial charge in [0, 0.05) is 30.4 Å². The number of nitrogen functional groups attached to an aromatic ring is 1. The Bertz CT molecular complexity index is 1420. The Labute approximate surface area is 230 Å². The lowest BCUT2D eigenvalue weighted by molar-refractivity contribution is -0.137. The van der Waals surface area contributed by atoms with Crippen molar-refractivity contribution < 1.29 is 27.4 Å². The first-order valence-electron chi connectivity index (χ1n) is 12.8. The third kappa shape index (κ3) is 6.32. The Kier molecular flexibility index (Phi) is 8.00. The molecule has 0 bridgehead atoms. The standard InChI is InChI=1S/C27H32F3N7O3/c1-26(2,3)40-25(38)35-10-5-6-20(9-11-35)37-24(32)21(13-31)23(34-37)18-14-33-36(16-18)15-17-12-19(27(28,29)30)7-8-22(17)39-4/h7-8,12,14,16,20H,5-6,9-11,15,32H2,1-4H3/t20-/m0/s1. The molecule has 0 spiro atoms. The van der Waals surface area contributed by atoms with Crippen LogP contribution in [0.2, 0.25) is 0 Å². The number of benzene rings is 1. The van der Waals surface area contributed by atoms with Gasteiger partial charge in [-0.1, -0.05) is 0 Å². The summed E-state index contributed by atoms with van der Waals surface area (Å²) in [6.07, 6.45) is 0.203. The highest BCUT2D eigenvalue weighted by Crippen LogP contribution is 2.34. The number of amides is 1. The Hall–Kier alpha value is -4.21. The summed E-state index contributed by atoms with van der Waals surface area (Å²) < 4.78 is 53.6. The van der Waals surface area contributed by atoms with E-state index in [-0.39, 0.29) is 30.1 Å². The lowest BCUT2D eigenvalue weighted by Gasteiger charge is -2.26. The number of hydrogen-bond acceptors (Lipinski definition) is 7. The van der Waals surface area contributed by atoms with E-state index in [0.717, 1.165) is 12.1 Å². The highest BCUT2D eigenvalue weighted by molar-refractivity contribution is 5.72. The number of rotatable bonds is 5. The van der Waals surface area contributed by atoms with Crippen LogP contribution in [0, 0.1) is 11.3 Å². The number of hydrogen-bond donors (Lipinski definition) is 1. The van der Waals surface area contributed by atoms with E-state index in [4.69, 9.17) is 15.2 Å². The molecule has 1 saturated heterocycles. The Morgan fingerprint density at radius 1 is 1.23 bits per heavy atom. The number of carbonyl (C=O) groups excluding carboxylic acids is 1. The van der Waals surface area contributed by atoms with Crippen LogP contribution in [0.1, 0.15) is 62.8 Å². The summed E-state index contributed by atoms with van der Waals surface area (Å²) in [5, 5.41) is 18.8. The number of anilines is 1. The molecule has 10 nitrogen and oxygen atoms in total. The molecule has 2 N–H and O–H groups in total. The number of nitriles is 1. The smallest absolute Gasteiger partial charge is 0.416 e. The number of halogens is 3. The highest BCUT2D eigenvalue weighted by atomic mass is 19.4. The first-order chi connectivity index (χ1) is 18.8. The van der Waals surface area contributed by atoms with Crippen LogP contribution in [0.3, 0.4) is 0 Å². The van der Waals surface area contributed by atoms with Gasteiger partial charge in [0.25, 0.3) is 0 Å². The van der Waals surface area contributed by atoms with E-state index in [1.807, 2.05) is 20.8 Å². The third-order valence-electron chi connectivity index (χ3n) is 6.60. The zero-order chi connectivity index (χ0) is 29.2. The molecule has 0 unspecified atom stereocenters. The van der Waals surface area contributed by atoms with Crippen molar-refractivity contribution in [3.8, 4) is 23.1 Å². The third-order valence-corrected chi connectivity index (χ3v) is 6.60. The second kappa shape index (κ2) is 11.1. The molecule has 3 aromatic rings. The van der Waals surface area contributed by atoms with Gasteiger partial charge in [0.1, 0.15) is 34.5 Å². The van der Waals surface area contributed by atoms with Crippen LogP contribution in [0.4, 0.5) is 23.8 Å². The average molecular weight is 560 g/mol. The Balaban J connectivity index is 1.56. The zero-order valence-electron chi connectivity index (χ0n) is 22.8. The van der Waals surface area contributed by atoms with E-state index in [2.05, 4.69) is 16.3 Å². The molecule has 1 fully saturated rings. The molecule has 1 amide bonds. The Morgan fingerprint density at radius 2 is 1.98 bits per heavy atom. The molecular formula is C27H32F3N7O3. The highest BCUT2D eigenvalue weighted by Gasteiger charge is 2.32.